The maximum Gasteiger partial charge on any atom is 0.260 e. The zero-order valence-corrected chi connectivity index (χ0v) is 19.4. The van der Waals surface area contributed by atoms with Crippen LogP contribution in [0.2, 0.25) is 0 Å². The van der Waals surface area contributed by atoms with Crippen molar-refractivity contribution in [3.8, 4) is 17.1 Å². The van der Waals surface area contributed by atoms with Gasteiger partial charge < -0.3 is 19.4 Å². The van der Waals surface area contributed by atoms with E-state index in [-0.39, 0.29) is 11.9 Å². The lowest BCUT2D eigenvalue weighted by Gasteiger charge is -2.16. The number of pyridine rings is 2. The van der Waals surface area contributed by atoms with E-state index in [4.69, 9.17) is 14.5 Å². The summed E-state index contributed by atoms with van der Waals surface area (Å²) in [4.78, 5) is 21.5. The second-order valence-corrected chi connectivity index (χ2v) is 7.92. The SMILES string of the molecule is CCc1nc(OC(C)C(=O)NC)ccc1-c1nc2c(C)cn([C@@H](C)COC)c2cc1C. The molecule has 7 nitrogen and oxygen atoms in total. The van der Waals surface area contributed by atoms with Gasteiger partial charge in [-0.2, -0.15) is 0 Å². The highest BCUT2D eigenvalue weighted by Gasteiger charge is 2.19. The van der Waals surface area contributed by atoms with E-state index >= 15 is 0 Å². The van der Waals surface area contributed by atoms with Gasteiger partial charge in [-0.1, -0.05) is 6.92 Å². The van der Waals surface area contributed by atoms with Crippen molar-refractivity contribution >= 4 is 16.9 Å². The Kier molecular flexibility index (Phi) is 6.95. The molecule has 7 heteroatoms. The van der Waals surface area contributed by atoms with Gasteiger partial charge in [-0.3, -0.25) is 4.79 Å². The summed E-state index contributed by atoms with van der Waals surface area (Å²) in [6.45, 7) is 10.7. The number of amides is 1. The number of hydrogen-bond donors (Lipinski definition) is 1. The van der Waals surface area contributed by atoms with E-state index < -0.39 is 6.10 Å². The molecule has 2 atom stereocenters. The minimum atomic E-state index is -0.610. The fourth-order valence-electron chi connectivity index (χ4n) is 3.85. The molecule has 3 aromatic heterocycles. The number of methoxy groups -OCH3 is 1. The molecule has 0 spiro atoms. The van der Waals surface area contributed by atoms with E-state index in [1.807, 2.05) is 6.07 Å². The lowest BCUT2D eigenvalue weighted by Crippen LogP contribution is -2.33. The van der Waals surface area contributed by atoms with E-state index in [0.717, 1.165) is 45.5 Å². The Balaban J connectivity index is 2.04. The van der Waals surface area contributed by atoms with Crippen molar-refractivity contribution in [2.75, 3.05) is 20.8 Å². The molecule has 1 N–H and O–H groups in total. The standard InChI is InChI=1S/C24H32N4O3/c1-8-19-18(9-10-21(26-19)31-17(5)24(29)25-6)22-14(2)11-20-23(27-22)15(3)12-28(20)16(4)13-30-7/h9-12,16-17H,8,13H2,1-7H3,(H,25,29)/t16-,17?/m0/s1. The van der Waals surface area contributed by atoms with Gasteiger partial charge in [-0.15, -0.1) is 0 Å². The van der Waals surface area contributed by atoms with Crippen molar-refractivity contribution in [2.24, 2.45) is 0 Å². The minimum absolute atomic E-state index is 0.186. The molecule has 0 aliphatic carbocycles. The number of nitrogens with one attached hydrogen (secondary N) is 1. The van der Waals surface area contributed by atoms with Gasteiger partial charge in [0.15, 0.2) is 6.10 Å². The van der Waals surface area contributed by atoms with Crippen molar-refractivity contribution < 1.29 is 14.3 Å². The Hall–Kier alpha value is -2.93. The summed E-state index contributed by atoms with van der Waals surface area (Å²) in [6.07, 6.45) is 2.26. The summed E-state index contributed by atoms with van der Waals surface area (Å²) in [6, 6.07) is 6.20. The van der Waals surface area contributed by atoms with E-state index in [1.165, 1.54) is 0 Å². The molecule has 0 aliphatic heterocycles. The topological polar surface area (TPSA) is 78.3 Å². The minimum Gasteiger partial charge on any atom is -0.465 e. The quantitative estimate of drug-likeness (QED) is 0.591. The molecule has 3 rings (SSSR count). The zero-order valence-electron chi connectivity index (χ0n) is 19.4. The van der Waals surface area contributed by atoms with Crippen LogP contribution in [-0.4, -0.2) is 47.3 Å². The number of aromatic nitrogens is 3. The maximum atomic E-state index is 11.8. The Labute approximate surface area is 183 Å². The van der Waals surface area contributed by atoms with Crippen molar-refractivity contribution in [3.05, 3.63) is 41.2 Å². The first-order valence-corrected chi connectivity index (χ1v) is 10.7. The van der Waals surface area contributed by atoms with Crippen LogP contribution < -0.4 is 10.1 Å². The number of fused-ring (bicyclic) bond motifs is 1. The average Bonchev–Trinajstić information content (AvgIpc) is 3.08. The number of nitrogens with zero attached hydrogens (tertiary/aromatic N) is 3. The summed E-state index contributed by atoms with van der Waals surface area (Å²) in [7, 11) is 3.31. The third kappa shape index (κ3) is 4.56. The van der Waals surface area contributed by atoms with Gasteiger partial charge in [-0.25, -0.2) is 9.97 Å². The van der Waals surface area contributed by atoms with Gasteiger partial charge >= 0.3 is 0 Å². The second kappa shape index (κ2) is 9.47. The van der Waals surface area contributed by atoms with Crippen molar-refractivity contribution in [3.63, 3.8) is 0 Å². The molecule has 3 heterocycles. The maximum absolute atomic E-state index is 11.8. The van der Waals surface area contributed by atoms with Crippen molar-refractivity contribution in [2.45, 2.75) is 53.2 Å². The predicted molar refractivity (Wildman–Crippen MR) is 123 cm³/mol. The summed E-state index contributed by atoms with van der Waals surface area (Å²) >= 11 is 0. The van der Waals surface area contributed by atoms with Gasteiger partial charge in [0.1, 0.15) is 0 Å². The molecule has 1 unspecified atom stereocenters. The monoisotopic (exact) mass is 424 g/mol. The smallest absolute Gasteiger partial charge is 0.260 e. The molecule has 3 aromatic rings. The first-order valence-electron chi connectivity index (χ1n) is 10.7. The number of rotatable bonds is 8. The molecule has 0 radical (unpaired) electrons. The van der Waals surface area contributed by atoms with Crippen LogP contribution in [0, 0.1) is 13.8 Å². The van der Waals surface area contributed by atoms with E-state index in [9.17, 15) is 4.79 Å². The van der Waals surface area contributed by atoms with Crippen LogP contribution >= 0.6 is 0 Å². The van der Waals surface area contributed by atoms with Crippen LogP contribution in [0.15, 0.2) is 24.4 Å². The highest BCUT2D eigenvalue weighted by atomic mass is 16.5. The normalized spacial score (nSPS) is 13.3. The fraction of sp³-hybridized carbons (Fsp3) is 0.458. The Bertz CT molecular complexity index is 1090. The number of carbonyl (C=O) groups excluding carboxylic acids is 1. The second-order valence-electron chi connectivity index (χ2n) is 7.92. The molecular formula is C24H32N4O3. The van der Waals surface area contributed by atoms with Crippen LogP contribution in [0.3, 0.4) is 0 Å². The van der Waals surface area contributed by atoms with Gasteiger partial charge in [0.05, 0.1) is 35.1 Å². The largest absolute Gasteiger partial charge is 0.465 e. The Morgan fingerprint density at radius 1 is 1.19 bits per heavy atom. The third-order valence-corrected chi connectivity index (χ3v) is 5.51. The average molecular weight is 425 g/mol. The van der Waals surface area contributed by atoms with Crippen LogP contribution in [0.25, 0.3) is 22.3 Å². The first-order chi connectivity index (χ1) is 14.8. The molecule has 0 aromatic carbocycles. The van der Waals surface area contributed by atoms with Gasteiger partial charge in [0.25, 0.3) is 5.91 Å². The number of ether oxygens (including phenoxy) is 2. The molecule has 1 amide bonds. The summed E-state index contributed by atoms with van der Waals surface area (Å²) in [5.74, 6) is 0.251. The van der Waals surface area contributed by atoms with Crippen LogP contribution in [0.5, 0.6) is 5.88 Å². The lowest BCUT2D eigenvalue weighted by molar-refractivity contribution is -0.126. The third-order valence-electron chi connectivity index (χ3n) is 5.51. The van der Waals surface area contributed by atoms with Crippen LogP contribution in [0.1, 0.15) is 43.6 Å². The van der Waals surface area contributed by atoms with Gasteiger partial charge in [-0.05, 0) is 57.4 Å². The predicted octanol–water partition coefficient (Wildman–Crippen LogP) is 4.00. The summed E-state index contributed by atoms with van der Waals surface area (Å²) in [5, 5.41) is 2.59. The molecule has 0 bridgehead atoms. The van der Waals surface area contributed by atoms with Crippen LogP contribution in [-0.2, 0) is 16.0 Å². The van der Waals surface area contributed by atoms with Crippen molar-refractivity contribution in [1.82, 2.24) is 19.9 Å². The summed E-state index contributed by atoms with van der Waals surface area (Å²) < 4.78 is 13.3. The lowest BCUT2D eigenvalue weighted by atomic mass is 10.0. The number of aryl methyl sites for hydroxylation is 3. The molecule has 31 heavy (non-hydrogen) atoms. The number of likely N-dealkylation sites (N-methyl/N-ethyl adjacent to an activating group) is 1. The highest BCUT2D eigenvalue weighted by molar-refractivity contribution is 5.84. The van der Waals surface area contributed by atoms with E-state index in [0.29, 0.717) is 12.5 Å². The molecule has 0 aliphatic rings. The molecular weight excluding hydrogens is 392 g/mol. The molecule has 166 valence electrons. The molecule has 0 saturated carbocycles. The first kappa shape index (κ1) is 22.7. The van der Waals surface area contributed by atoms with Crippen molar-refractivity contribution in [1.29, 1.82) is 0 Å². The van der Waals surface area contributed by atoms with Crippen LogP contribution in [0.4, 0.5) is 0 Å². The van der Waals surface area contributed by atoms with Gasteiger partial charge in [0, 0.05) is 32.0 Å². The van der Waals surface area contributed by atoms with Gasteiger partial charge in [0.2, 0.25) is 5.88 Å². The Morgan fingerprint density at radius 3 is 2.58 bits per heavy atom. The highest BCUT2D eigenvalue weighted by Crippen LogP contribution is 2.32. The Morgan fingerprint density at radius 2 is 1.94 bits per heavy atom. The zero-order chi connectivity index (χ0) is 22.7. The number of hydrogen-bond acceptors (Lipinski definition) is 5. The van der Waals surface area contributed by atoms with E-state index in [1.54, 1.807) is 27.1 Å². The number of carbonyl (C=O) groups is 1. The summed E-state index contributed by atoms with van der Waals surface area (Å²) in [5.41, 5.74) is 7.10. The molecule has 0 fully saturated rings. The molecule has 0 saturated heterocycles. The van der Waals surface area contributed by atoms with E-state index in [2.05, 4.69) is 54.8 Å². The fourth-order valence-corrected chi connectivity index (χ4v) is 3.85.